The van der Waals surface area contributed by atoms with Gasteiger partial charge in [-0.1, -0.05) is 17.8 Å². The maximum Gasteiger partial charge on any atom is 0.251 e. The zero-order chi connectivity index (χ0) is 25.3. The number of rotatable bonds is 11. The fraction of sp³-hybridized carbons (Fsp3) is 0.208. The minimum atomic E-state index is -0.271. The number of nitrogens with zero attached hydrogens (tertiary/aromatic N) is 4. The molecule has 2 aromatic heterocycles. The Morgan fingerprint density at radius 1 is 1.11 bits per heavy atom. The van der Waals surface area contributed by atoms with E-state index in [0.29, 0.717) is 34.0 Å². The number of thiazole rings is 1. The minimum absolute atomic E-state index is 0.116. The number of thioether (sulfide) groups is 1. The average Bonchev–Trinajstić information content (AvgIpc) is 3.56. The van der Waals surface area contributed by atoms with Gasteiger partial charge in [-0.25, -0.2) is 4.98 Å². The zero-order valence-corrected chi connectivity index (χ0v) is 21.3. The lowest BCUT2D eigenvalue weighted by molar-refractivity contribution is -0.113. The highest BCUT2D eigenvalue weighted by Gasteiger charge is 2.18. The van der Waals surface area contributed by atoms with Crippen molar-refractivity contribution in [3.63, 3.8) is 0 Å². The summed E-state index contributed by atoms with van der Waals surface area (Å²) >= 11 is 2.58. The number of nitrogens with one attached hydrogen (secondary N) is 2. The summed E-state index contributed by atoms with van der Waals surface area (Å²) in [5.74, 6) is 1.48. The molecule has 0 bridgehead atoms. The molecule has 2 aromatic carbocycles. The molecular weight excluding hydrogens is 500 g/mol. The number of carbonyl (C=O) groups is 2. The van der Waals surface area contributed by atoms with Gasteiger partial charge in [0.15, 0.2) is 16.1 Å². The molecule has 0 aliphatic heterocycles. The molecule has 12 heteroatoms. The largest absolute Gasteiger partial charge is 0.497 e. The van der Waals surface area contributed by atoms with Gasteiger partial charge in [0.1, 0.15) is 11.5 Å². The second-order valence-corrected chi connectivity index (χ2v) is 9.09. The first-order valence-electron chi connectivity index (χ1n) is 11.0. The van der Waals surface area contributed by atoms with Crippen LogP contribution >= 0.6 is 23.1 Å². The highest BCUT2D eigenvalue weighted by molar-refractivity contribution is 7.99. The molecule has 0 radical (unpaired) electrons. The number of ether oxygens (including phenoxy) is 2. The van der Waals surface area contributed by atoms with Gasteiger partial charge in [0.25, 0.3) is 5.91 Å². The number of hydrogen-bond donors (Lipinski definition) is 2. The summed E-state index contributed by atoms with van der Waals surface area (Å²) < 4.78 is 12.6. The van der Waals surface area contributed by atoms with E-state index < -0.39 is 0 Å². The van der Waals surface area contributed by atoms with Crippen molar-refractivity contribution in [3.8, 4) is 17.2 Å². The van der Waals surface area contributed by atoms with Crippen LogP contribution in [0.3, 0.4) is 0 Å². The van der Waals surface area contributed by atoms with Crippen molar-refractivity contribution in [3.05, 3.63) is 71.5 Å². The number of anilines is 1. The summed E-state index contributed by atoms with van der Waals surface area (Å²) in [4.78, 5) is 29.2. The molecule has 0 fully saturated rings. The predicted octanol–water partition coefficient (Wildman–Crippen LogP) is 3.79. The molecule has 36 heavy (non-hydrogen) atoms. The number of aromatic nitrogens is 4. The number of amides is 2. The second kappa shape index (κ2) is 12.2. The van der Waals surface area contributed by atoms with E-state index in [4.69, 9.17) is 9.47 Å². The van der Waals surface area contributed by atoms with E-state index in [9.17, 15) is 9.59 Å². The van der Waals surface area contributed by atoms with Gasteiger partial charge in [-0.05, 0) is 49.4 Å². The number of benzene rings is 2. The Balaban J connectivity index is 1.52. The Bertz CT molecular complexity index is 1310. The first kappa shape index (κ1) is 25.2. The van der Waals surface area contributed by atoms with Crippen LogP contribution in [0.15, 0.2) is 65.3 Å². The number of hydrogen-bond acceptors (Lipinski definition) is 9. The molecule has 0 saturated carbocycles. The van der Waals surface area contributed by atoms with E-state index in [0.717, 1.165) is 11.4 Å². The minimum Gasteiger partial charge on any atom is -0.497 e. The van der Waals surface area contributed by atoms with Crippen molar-refractivity contribution in [2.24, 2.45) is 0 Å². The van der Waals surface area contributed by atoms with E-state index in [1.807, 2.05) is 35.8 Å². The van der Waals surface area contributed by atoms with Crippen LogP contribution in [0.2, 0.25) is 0 Å². The zero-order valence-electron chi connectivity index (χ0n) is 19.6. The van der Waals surface area contributed by atoms with Crippen molar-refractivity contribution in [1.82, 2.24) is 25.1 Å². The van der Waals surface area contributed by atoms with Gasteiger partial charge in [-0.15, -0.1) is 21.5 Å². The molecule has 0 spiro atoms. The summed E-state index contributed by atoms with van der Waals surface area (Å²) in [6.45, 7) is 2.60. The Kier molecular flexibility index (Phi) is 8.53. The van der Waals surface area contributed by atoms with Crippen molar-refractivity contribution >= 4 is 40.0 Å². The van der Waals surface area contributed by atoms with E-state index in [1.165, 1.54) is 23.1 Å². The van der Waals surface area contributed by atoms with Crippen LogP contribution in [-0.4, -0.2) is 51.0 Å². The highest BCUT2D eigenvalue weighted by atomic mass is 32.2. The standard InChI is InChI=1S/C24H24N6O4S2/c1-3-34-18-9-7-17(8-10-18)30-20(14-26-22(32)16-5-4-6-19(13-16)33-2)28-29-24(30)36-15-21(31)27-23-25-11-12-35-23/h4-13H,3,14-15H2,1-2H3,(H,26,32)(H,25,27,31). The molecule has 10 nitrogen and oxygen atoms in total. The van der Waals surface area contributed by atoms with Crippen molar-refractivity contribution in [2.45, 2.75) is 18.6 Å². The van der Waals surface area contributed by atoms with Crippen LogP contribution in [0.25, 0.3) is 5.69 Å². The lowest BCUT2D eigenvalue weighted by Gasteiger charge is -2.12. The van der Waals surface area contributed by atoms with Gasteiger partial charge in [-0.3, -0.25) is 14.2 Å². The van der Waals surface area contributed by atoms with Gasteiger partial charge in [0, 0.05) is 22.8 Å². The van der Waals surface area contributed by atoms with E-state index in [-0.39, 0.29) is 24.1 Å². The van der Waals surface area contributed by atoms with Crippen LogP contribution in [0, 0.1) is 0 Å². The summed E-state index contributed by atoms with van der Waals surface area (Å²) in [7, 11) is 1.55. The summed E-state index contributed by atoms with van der Waals surface area (Å²) in [6, 6.07) is 14.3. The fourth-order valence-corrected chi connectivity index (χ4v) is 4.54. The smallest absolute Gasteiger partial charge is 0.251 e. The third-order valence-electron chi connectivity index (χ3n) is 4.86. The lowest BCUT2D eigenvalue weighted by Crippen LogP contribution is -2.24. The van der Waals surface area contributed by atoms with Gasteiger partial charge in [0.05, 0.1) is 26.0 Å². The van der Waals surface area contributed by atoms with Crippen LogP contribution < -0.4 is 20.1 Å². The molecule has 2 amide bonds. The predicted molar refractivity (Wildman–Crippen MR) is 138 cm³/mol. The van der Waals surface area contributed by atoms with Crippen molar-refractivity contribution in [2.75, 3.05) is 24.8 Å². The second-order valence-electron chi connectivity index (χ2n) is 7.25. The third-order valence-corrected chi connectivity index (χ3v) is 6.47. The Morgan fingerprint density at radius 2 is 1.94 bits per heavy atom. The monoisotopic (exact) mass is 524 g/mol. The van der Waals surface area contributed by atoms with Gasteiger partial charge < -0.3 is 20.1 Å². The van der Waals surface area contributed by atoms with Crippen LogP contribution in [-0.2, 0) is 11.3 Å². The maximum atomic E-state index is 12.7. The average molecular weight is 525 g/mol. The number of carbonyl (C=O) groups excluding carboxylic acids is 2. The van der Waals surface area contributed by atoms with Gasteiger partial charge in [0.2, 0.25) is 5.91 Å². The topological polar surface area (TPSA) is 120 Å². The maximum absolute atomic E-state index is 12.7. The molecular formula is C24H24N6O4S2. The Morgan fingerprint density at radius 3 is 2.67 bits per heavy atom. The first-order chi connectivity index (χ1) is 17.6. The van der Waals surface area contributed by atoms with Crippen LogP contribution in [0.1, 0.15) is 23.1 Å². The molecule has 2 N–H and O–H groups in total. The van der Waals surface area contributed by atoms with Crippen LogP contribution in [0.4, 0.5) is 5.13 Å². The molecule has 0 atom stereocenters. The summed E-state index contributed by atoms with van der Waals surface area (Å²) in [6.07, 6.45) is 1.63. The first-order valence-corrected chi connectivity index (χ1v) is 12.9. The van der Waals surface area contributed by atoms with Crippen molar-refractivity contribution < 1.29 is 19.1 Å². The molecule has 0 aliphatic carbocycles. The fourth-order valence-electron chi connectivity index (χ4n) is 3.22. The SMILES string of the molecule is CCOc1ccc(-n2c(CNC(=O)c3cccc(OC)c3)nnc2SCC(=O)Nc2nccs2)cc1. The molecule has 4 aromatic rings. The molecule has 0 unspecified atom stereocenters. The molecule has 2 heterocycles. The quantitative estimate of drug-likeness (QED) is 0.284. The third kappa shape index (κ3) is 6.40. The molecule has 186 valence electrons. The highest BCUT2D eigenvalue weighted by Crippen LogP contribution is 2.24. The van der Waals surface area contributed by atoms with Gasteiger partial charge >= 0.3 is 0 Å². The Labute approximate surface area is 216 Å². The van der Waals surface area contributed by atoms with E-state index in [2.05, 4.69) is 25.8 Å². The number of methoxy groups -OCH3 is 1. The van der Waals surface area contributed by atoms with E-state index in [1.54, 1.807) is 43.0 Å². The lowest BCUT2D eigenvalue weighted by atomic mass is 10.2. The summed E-state index contributed by atoms with van der Waals surface area (Å²) in [5, 5.41) is 17.0. The van der Waals surface area contributed by atoms with E-state index >= 15 is 0 Å². The summed E-state index contributed by atoms with van der Waals surface area (Å²) in [5.41, 5.74) is 1.24. The Hall–Kier alpha value is -3.90. The van der Waals surface area contributed by atoms with Crippen molar-refractivity contribution in [1.29, 1.82) is 0 Å². The molecule has 0 saturated heterocycles. The van der Waals surface area contributed by atoms with Crippen LogP contribution in [0.5, 0.6) is 11.5 Å². The molecule has 4 rings (SSSR count). The van der Waals surface area contributed by atoms with Gasteiger partial charge in [-0.2, -0.15) is 0 Å². The molecule has 0 aliphatic rings. The normalized spacial score (nSPS) is 10.6.